The largest absolute Gasteiger partial charge is 0.691 e. The highest BCUT2D eigenvalue weighted by Gasteiger charge is 2.14. The Kier molecular flexibility index (Phi) is 1.63. The second-order valence-corrected chi connectivity index (χ2v) is 3.05. The van der Waals surface area contributed by atoms with Crippen molar-refractivity contribution in [3.8, 4) is 0 Å². The molecule has 0 aliphatic carbocycles. The highest BCUT2D eigenvalue weighted by Crippen LogP contribution is 2.19. The average Bonchev–Trinajstić information content (AvgIpc) is 2.31. The number of fused-ring (bicyclic) bond motifs is 1. The Balaban J connectivity index is 2.91. The van der Waals surface area contributed by atoms with Crippen LogP contribution >= 0.6 is 11.6 Å². The van der Waals surface area contributed by atoms with Crippen LogP contribution in [0.3, 0.4) is 0 Å². The molecular formula is C7H5ClFN3O. The van der Waals surface area contributed by atoms with Crippen molar-refractivity contribution in [3.63, 3.8) is 0 Å². The Hall–Kier alpha value is -1.36. The van der Waals surface area contributed by atoms with Crippen LogP contribution in [0.25, 0.3) is 11.0 Å². The van der Waals surface area contributed by atoms with Crippen LogP contribution in [0.4, 0.5) is 4.39 Å². The number of nitrogens with zero attached hydrogens (tertiary/aromatic N) is 3. The molecule has 0 amide bonds. The lowest BCUT2D eigenvalue weighted by atomic mass is 10.3. The number of rotatable bonds is 0. The topological polar surface area (TPSA) is 44.8 Å². The predicted octanol–water partition coefficient (Wildman–Crippen LogP) is 0.999. The molecule has 2 rings (SSSR count). The third-order valence-corrected chi connectivity index (χ3v) is 2.08. The molecular weight excluding hydrogens is 197 g/mol. The zero-order valence-electron chi connectivity index (χ0n) is 6.66. The number of aryl methyl sites for hydroxylation is 1. The van der Waals surface area contributed by atoms with Crippen molar-refractivity contribution in [2.45, 2.75) is 0 Å². The molecule has 68 valence electrons. The second kappa shape index (κ2) is 2.56. The van der Waals surface area contributed by atoms with Gasteiger partial charge in [0.2, 0.25) is 11.0 Å². The molecule has 0 bridgehead atoms. The maximum Gasteiger partial charge on any atom is 0.204 e. The Labute approximate surface area is 77.7 Å². The molecule has 0 N–H and O–H groups in total. The van der Waals surface area contributed by atoms with Crippen LogP contribution in [0.2, 0.25) is 5.02 Å². The molecule has 0 spiro atoms. The smallest absolute Gasteiger partial charge is 0.204 e. The van der Waals surface area contributed by atoms with Gasteiger partial charge in [-0.25, -0.2) is 4.39 Å². The van der Waals surface area contributed by atoms with E-state index in [1.165, 1.54) is 16.8 Å². The van der Waals surface area contributed by atoms with Gasteiger partial charge in [-0.3, -0.25) is 0 Å². The summed E-state index contributed by atoms with van der Waals surface area (Å²) in [7, 11) is 1.56. The number of aromatic nitrogens is 3. The SMILES string of the molecule is Cn1n[n+]([O-])c2cc(Cl)c(F)cc21. The maximum atomic E-state index is 13.0. The van der Waals surface area contributed by atoms with E-state index in [1.807, 2.05) is 0 Å². The fourth-order valence-electron chi connectivity index (χ4n) is 1.16. The average molecular weight is 202 g/mol. The molecule has 0 fully saturated rings. The molecule has 0 unspecified atom stereocenters. The fraction of sp³-hybridized carbons (Fsp3) is 0.143. The minimum Gasteiger partial charge on any atom is -0.691 e. The summed E-state index contributed by atoms with van der Waals surface area (Å²) >= 11 is 5.50. The normalized spacial score (nSPS) is 11.0. The second-order valence-electron chi connectivity index (χ2n) is 2.64. The van der Waals surface area contributed by atoms with Crippen LogP contribution in [-0.4, -0.2) is 9.90 Å². The van der Waals surface area contributed by atoms with Gasteiger partial charge in [-0.15, -0.1) is 9.53 Å². The van der Waals surface area contributed by atoms with Gasteiger partial charge in [-0.05, 0) is 0 Å². The van der Waals surface area contributed by atoms with E-state index in [9.17, 15) is 9.60 Å². The van der Waals surface area contributed by atoms with Gasteiger partial charge in [0.1, 0.15) is 12.9 Å². The Morgan fingerprint density at radius 1 is 1.62 bits per heavy atom. The van der Waals surface area contributed by atoms with Gasteiger partial charge < -0.3 is 5.21 Å². The number of halogens is 2. The Morgan fingerprint density at radius 2 is 2.31 bits per heavy atom. The molecule has 0 atom stereocenters. The van der Waals surface area contributed by atoms with Crippen LogP contribution in [0.1, 0.15) is 0 Å². The van der Waals surface area contributed by atoms with Crippen molar-refractivity contribution in [1.29, 1.82) is 0 Å². The zero-order chi connectivity index (χ0) is 9.59. The minimum atomic E-state index is -0.558. The molecule has 6 heteroatoms. The van der Waals surface area contributed by atoms with Crippen LogP contribution in [0, 0.1) is 11.0 Å². The van der Waals surface area contributed by atoms with Crippen molar-refractivity contribution in [2.24, 2.45) is 7.05 Å². The van der Waals surface area contributed by atoms with E-state index in [2.05, 4.69) is 5.21 Å². The monoisotopic (exact) mass is 201 g/mol. The highest BCUT2D eigenvalue weighted by atomic mass is 35.5. The first-order valence-electron chi connectivity index (χ1n) is 3.51. The van der Waals surface area contributed by atoms with Gasteiger partial charge in [0.25, 0.3) is 0 Å². The van der Waals surface area contributed by atoms with Gasteiger partial charge in [-0.2, -0.15) is 0 Å². The molecule has 4 nitrogen and oxygen atoms in total. The summed E-state index contributed by atoms with van der Waals surface area (Å²) in [6.45, 7) is 0. The minimum absolute atomic E-state index is 0.0786. The predicted molar refractivity (Wildman–Crippen MR) is 44.6 cm³/mol. The lowest BCUT2D eigenvalue weighted by molar-refractivity contribution is -0.646. The molecule has 0 saturated heterocycles. The van der Waals surface area contributed by atoms with Crippen LogP contribution in [0.5, 0.6) is 0 Å². The molecule has 1 aromatic heterocycles. The Bertz CT molecular complexity index is 440. The summed E-state index contributed by atoms with van der Waals surface area (Å²) in [5, 5.41) is 14.5. The maximum absolute atomic E-state index is 13.0. The zero-order valence-corrected chi connectivity index (χ0v) is 7.42. The number of benzene rings is 1. The molecule has 13 heavy (non-hydrogen) atoms. The van der Waals surface area contributed by atoms with Gasteiger partial charge in [0, 0.05) is 12.1 Å². The van der Waals surface area contributed by atoms with Crippen molar-refractivity contribution < 1.29 is 9.24 Å². The summed E-state index contributed by atoms with van der Waals surface area (Å²) < 4.78 is 14.2. The van der Waals surface area contributed by atoms with Crippen LogP contribution in [-0.2, 0) is 7.05 Å². The third kappa shape index (κ3) is 1.12. The standard InChI is InChI=1S/C7H5ClFN3O/c1-11-6-3-5(9)4(8)2-7(6)12(13)10-11/h2-3H,1H3. The molecule has 2 aromatic rings. The van der Waals surface area contributed by atoms with Gasteiger partial charge in [0.15, 0.2) is 0 Å². The summed E-state index contributed by atoms with van der Waals surface area (Å²) in [5.74, 6) is -0.558. The summed E-state index contributed by atoms with van der Waals surface area (Å²) in [5.41, 5.74) is 0.672. The summed E-state index contributed by atoms with van der Waals surface area (Å²) in [6, 6.07) is 2.44. The van der Waals surface area contributed by atoms with Gasteiger partial charge in [-0.1, -0.05) is 11.6 Å². The number of hydrogen-bond donors (Lipinski definition) is 0. The lowest BCUT2D eigenvalue weighted by Gasteiger charge is -1.93. The van der Waals surface area contributed by atoms with Gasteiger partial charge in [0.05, 0.1) is 10.2 Å². The lowest BCUT2D eigenvalue weighted by Crippen LogP contribution is -2.29. The van der Waals surface area contributed by atoms with Crippen molar-refractivity contribution in [2.75, 3.05) is 0 Å². The van der Waals surface area contributed by atoms with E-state index in [0.29, 0.717) is 10.4 Å². The molecule has 1 heterocycles. The van der Waals surface area contributed by atoms with Gasteiger partial charge >= 0.3 is 0 Å². The van der Waals surface area contributed by atoms with E-state index in [-0.39, 0.29) is 10.5 Å². The van der Waals surface area contributed by atoms with E-state index in [4.69, 9.17) is 11.6 Å². The summed E-state index contributed by atoms with van der Waals surface area (Å²) in [6.07, 6.45) is 0. The Morgan fingerprint density at radius 3 is 3.00 bits per heavy atom. The molecule has 0 aliphatic rings. The molecule has 1 aromatic carbocycles. The quantitative estimate of drug-likeness (QED) is 0.472. The van der Waals surface area contributed by atoms with E-state index >= 15 is 0 Å². The van der Waals surface area contributed by atoms with E-state index in [0.717, 1.165) is 0 Å². The first-order valence-corrected chi connectivity index (χ1v) is 3.89. The highest BCUT2D eigenvalue weighted by molar-refractivity contribution is 6.31. The summed E-state index contributed by atoms with van der Waals surface area (Å²) in [4.78, 5) is 0.403. The van der Waals surface area contributed by atoms with E-state index < -0.39 is 5.82 Å². The van der Waals surface area contributed by atoms with E-state index in [1.54, 1.807) is 7.05 Å². The fourth-order valence-corrected chi connectivity index (χ4v) is 1.31. The van der Waals surface area contributed by atoms with Crippen LogP contribution < -0.4 is 4.85 Å². The van der Waals surface area contributed by atoms with Crippen LogP contribution in [0.15, 0.2) is 12.1 Å². The molecule has 0 radical (unpaired) electrons. The van der Waals surface area contributed by atoms with Crippen molar-refractivity contribution >= 4 is 22.6 Å². The van der Waals surface area contributed by atoms with Crippen molar-refractivity contribution in [1.82, 2.24) is 9.90 Å². The third-order valence-electron chi connectivity index (χ3n) is 1.79. The van der Waals surface area contributed by atoms with Crippen molar-refractivity contribution in [3.05, 3.63) is 28.2 Å². The first kappa shape index (κ1) is 8.25. The molecule has 0 aliphatic heterocycles. The first-order chi connectivity index (χ1) is 6.09. The molecule has 0 saturated carbocycles. The number of hydrogen-bond acceptors (Lipinski definition) is 2.